The Balaban J connectivity index is 1.86. The number of aromatic nitrogens is 1. The lowest BCUT2D eigenvalue weighted by Crippen LogP contribution is -1.97. The Morgan fingerprint density at radius 3 is 2.78 bits per heavy atom. The van der Waals surface area contributed by atoms with Crippen molar-refractivity contribution in [1.82, 2.24) is 4.98 Å². The van der Waals surface area contributed by atoms with Crippen molar-refractivity contribution in [2.75, 3.05) is 11.9 Å². The number of hydrogen-bond acceptors (Lipinski definition) is 4. The number of benzene rings is 1. The second-order valence-electron chi connectivity index (χ2n) is 4.16. The summed E-state index contributed by atoms with van der Waals surface area (Å²) in [6.07, 6.45) is 2.98. The zero-order valence-electron chi connectivity index (χ0n) is 10.8. The van der Waals surface area contributed by atoms with Crippen molar-refractivity contribution in [3.8, 4) is 5.75 Å². The van der Waals surface area contributed by atoms with Crippen molar-refractivity contribution < 1.29 is 4.74 Å². The van der Waals surface area contributed by atoms with Crippen LogP contribution in [0.2, 0.25) is 0 Å². The molecular weight excluding hydrogens is 244 g/mol. The molecule has 1 aromatic carbocycles. The molecule has 0 atom stereocenters. The summed E-state index contributed by atoms with van der Waals surface area (Å²) >= 11 is 1.65. The average Bonchev–Trinajstić information content (AvgIpc) is 2.84. The number of anilines is 1. The molecule has 0 unspecified atom stereocenters. The van der Waals surface area contributed by atoms with Crippen LogP contribution < -0.4 is 10.1 Å². The van der Waals surface area contributed by atoms with Crippen LogP contribution in [0.5, 0.6) is 5.75 Å². The Morgan fingerprint density at radius 2 is 2.06 bits per heavy atom. The van der Waals surface area contributed by atoms with Gasteiger partial charge in [0.05, 0.1) is 4.88 Å². The van der Waals surface area contributed by atoms with E-state index in [-0.39, 0.29) is 0 Å². The van der Waals surface area contributed by atoms with E-state index in [9.17, 15) is 0 Å². The Morgan fingerprint density at radius 1 is 1.28 bits per heavy atom. The van der Waals surface area contributed by atoms with Crippen LogP contribution in [0.3, 0.4) is 0 Å². The minimum atomic E-state index is 0.578. The molecule has 2 aromatic rings. The fourth-order valence-electron chi connectivity index (χ4n) is 1.48. The van der Waals surface area contributed by atoms with Crippen LogP contribution in [0.4, 0.5) is 5.13 Å². The average molecular weight is 262 g/mol. The van der Waals surface area contributed by atoms with E-state index >= 15 is 0 Å². The van der Waals surface area contributed by atoms with Gasteiger partial charge in [-0.3, -0.25) is 0 Å². The van der Waals surface area contributed by atoms with Gasteiger partial charge in [-0.1, -0.05) is 36.0 Å². The Hall–Kier alpha value is -1.55. The quantitative estimate of drug-likeness (QED) is 0.858. The van der Waals surface area contributed by atoms with Gasteiger partial charge in [-0.2, -0.15) is 0 Å². The number of nitrogens with one attached hydrogen (secondary N) is 1. The number of thiazole rings is 1. The van der Waals surface area contributed by atoms with Crippen molar-refractivity contribution in [2.45, 2.75) is 26.9 Å². The molecule has 1 N–H and O–H groups in total. The standard InChI is InChI=1S/C14H18N2OS/c1-3-8-15-14-16-9-13(18-14)10-17-12-6-4-11(2)5-7-12/h4-7,9H,3,8,10H2,1-2H3,(H,15,16). The molecule has 0 amide bonds. The van der Waals surface area contributed by atoms with Crippen LogP contribution in [0.1, 0.15) is 23.8 Å². The normalized spacial score (nSPS) is 10.3. The second-order valence-corrected chi connectivity index (χ2v) is 5.28. The molecule has 0 aliphatic carbocycles. The molecule has 3 nitrogen and oxygen atoms in total. The summed E-state index contributed by atoms with van der Waals surface area (Å²) in [6, 6.07) is 8.09. The van der Waals surface area contributed by atoms with Crippen LogP contribution in [-0.4, -0.2) is 11.5 Å². The number of ether oxygens (including phenoxy) is 1. The molecule has 0 bridgehead atoms. The third-order valence-corrected chi connectivity index (χ3v) is 3.41. The van der Waals surface area contributed by atoms with Gasteiger partial charge in [0.15, 0.2) is 5.13 Å². The monoisotopic (exact) mass is 262 g/mol. The first-order valence-corrected chi connectivity index (χ1v) is 6.97. The van der Waals surface area contributed by atoms with E-state index in [0.29, 0.717) is 6.61 Å². The number of hydrogen-bond donors (Lipinski definition) is 1. The van der Waals surface area contributed by atoms with E-state index in [1.165, 1.54) is 5.56 Å². The smallest absolute Gasteiger partial charge is 0.182 e. The minimum Gasteiger partial charge on any atom is -0.488 e. The molecule has 0 aliphatic heterocycles. The van der Waals surface area contributed by atoms with E-state index in [4.69, 9.17) is 4.74 Å². The predicted octanol–water partition coefficient (Wildman–Crippen LogP) is 3.85. The maximum atomic E-state index is 5.71. The van der Waals surface area contributed by atoms with Gasteiger partial charge in [-0.25, -0.2) is 4.98 Å². The number of rotatable bonds is 6. The number of nitrogens with zero attached hydrogens (tertiary/aromatic N) is 1. The van der Waals surface area contributed by atoms with Gasteiger partial charge < -0.3 is 10.1 Å². The van der Waals surface area contributed by atoms with Gasteiger partial charge in [0.2, 0.25) is 0 Å². The fourth-order valence-corrected chi connectivity index (χ4v) is 2.23. The second kappa shape index (κ2) is 6.40. The molecule has 1 heterocycles. The molecule has 0 fully saturated rings. The van der Waals surface area contributed by atoms with Crippen LogP contribution in [0.15, 0.2) is 30.5 Å². The first-order chi connectivity index (χ1) is 8.78. The lowest BCUT2D eigenvalue weighted by Gasteiger charge is -2.04. The summed E-state index contributed by atoms with van der Waals surface area (Å²) in [6.45, 7) is 5.75. The molecule has 18 heavy (non-hydrogen) atoms. The highest BCUT2D eigenvalue weighted by Crippen LogP contribution is 2.20. The SMILES string of the molecule is CCCNc1ncc(COc2ccc(C)cc2)s1. The molecule has 0 saturated heterocycles. The summed E-state index contributed by atoms with van der Waals surface area (Å²) in [5, 5.41) is 4.24. The predicted molar refractivity (Wildman–Crippen MR) is 76.4 cm³/mol. The Labute approximate surface area is 112 Å². The van der Waals surface area contributed by atoms with Crippen LogP contribution in [-0.2, 0) is 6.61 Å². The lowest BCUT2D eigenvalue weighted by atomic mass is 10.2. The molecule has 0 radical (unpaired) electrons. The van der Waals surface area contributed by atoms with Crippen molar-refractivity contribution in [2.24, 2.45) is 0 Å². The summed E-state index contributed by atoms with van der Waals surface area (Å²) in [7, 11) is 0. The van der Waals surface area contributed by atoms with Crippen molar-refractivity contribution in [3.63, 3.8) is 0 Å². The molecule has 0 saturated carbocycles. The lowest BCUT2D eigenvalue weighted by molar-refractivity contribution is 0.309. The molecule has 1 aromatic heterocycles. The molecule has 0 spiro atoms. The van der Waals surface area contributed by atoms with Crippen LogP contribution >= 0.6 is 11.3 Å². The zero-order chi connectivity index (χ0) is 12.8. The van der Waals surface area contributed by atoms with Crippen molar-refractivity contribution in [1.29, 1.82) is 0 Å². The summed E-state index contributed by atoms with van der Waals surface area (Å²) in [5.74, 6) is 0.900. The first-order valence-electron chi connectivity index (χ1n) is 6.16. The van der Waals surface area contributed by atoms with Gasteiger partial charge in [-0.05, 0) is 25.5 Å². The largest absolute Gasteiger partial charge is 0.488 e. The number of aryl methyl sites for hydroxylation is 1. The summed E-state index contributed by atoms with van der Waals surface area (Å²) in [5.41, 5.74) is 1.24. The van der Waals surface area contributed by atoms with Gasteiger partial charge in [-0.15, -0.1) is 0 Å². The van der Waals surface area contributed by atoms with E-state index in [0.717, 1.165) is 28.7 Å². The van der Waals surface area contributed by atoms with Gasteiger partial charge in [0, 0.05) is 12.7 Å². The molecular formula is C14H18N2OS. The van der Waals surface area contributed by atoms with Gasteiger partial charge in [0.1, 0.15) is 12.4 Å². The van der Waals surface area contributed by atoms with Crippen LogP contribution in [0, 0.1) is 6.92 Å². The minimum absolute atomic E-state index is 0.578. The maximum absolute atomic E-state index is 5.71. The first kappa shape index (κ1) is 12.9. The highest BCUT2D eigenvalue weighted by molar-refractivity contribution is 7.15. The van der Waals surface area contributed by atoms with Gasteiger partial charge in [0.25, 0.3) is 0 Å². The Kier molecular flexibility index (Phi) is 4.59. The third kappa shape index (κ3) is 3.74. The molecule has 96 valence electrons. The molecule has 2 rings (SSSR count). The van der Waals surface area contributed by atoms with Crippen molar-refractivity contribution >= 4 is 16.5 Å². The van der Waals surface area contributed by atoms with E-state index in [2.05, 4.69) is 36.3 Å². The zero-order valence-corrected chi connectivity index (χ0v) is 11.6. The summed E-state index contributed by atoms with van der Waals surface area (Å²) in [4.78, 5) is 5.44. The van der Waals surface area contributed by atoms with E-state index < -0.39 is 0 Å². The van der Waals surface area contributed by atoms with E-state index in [1.807, 2.05) is 18.3 Å². The van der Waals surface area contributed by atoms with Crippen LogP contribution in [0.25, 0.3) is 0 Å². The third-order valence-electron chi connectivity index (χ3n) is 2.48. The highest BCUT2D eigenvalue weighted by atomic mass is 32.1. The van der Waals surface area contributed by atoms with E-state index in [1.54, 1.807) is 11.3 Å². The maximum Gasteiger partial charge on any atom is 0.182 e. The summed E-state index contributed by atoms with van der Waals surface area (Å²) < 4.78 is 5.71. The molecule has 0 aliphatic rings. The Bertz CT molecular complexity index is 479. The van der Waals surface area contributed by atoms with Gasteiger partial charge >= 0.3 is 0 Å². The molecule has 4 heteroatoms. The highest BCUT2D eigenvalue weighted by Gasteiger charge is 2.02. The van der Waals surface area contributed by atoms with Crippen molar-refractivity contribution in [3.05, 3.63) is 40.9 Å². The fraction of sp³-hybridized carbons (Fsp3) is 0.357. The topological polar surface area (TPSA) is 34.2 Å².